The minimum Gasteiger partial charge on any atom is -0.273 e. The van der Waals surface area contributed by atoms with Crippen molar-refractivity contribution >= 4 is 48.8 Å². The summed E-state index contributed by atoms with van der Waals surface area (Å²) in [6, 6.07) is 0. The van der Waals surface area contributed by atoms with Crippen LogP contribution in [0.4, 0.5) is 0 Å². The van der Waals surface area contributed by atoms with E-state index in [9.17, 15) is 9.00 Å². The Morgan fingerprint density at radius 2 is 2.11 bits per heavy atom. The molecule has 6 heteroatoms. The summed E-state index contributed by atoms with van der Waals surface area (Å²) in [4.78, 5) is 10.3. The van der Waals surface area contributed by atoms with E-state index in [1.54, 1.807) is 0 Å². The molecule has 0 spiro atoms. The van der Waals surface area contributed by atoms with Gasteiger partial charge in [0.15, 0.2) is 0 Å². The maximum atomic E-state index is 10.7. The van der Waals surface area contributed by atoms with Gasteiger partial charge in [0.25, 0.3) is 0 Å². The summed E-state index contributed by atoms with van der Waals surface area (Å²) >= 11 is 6.14. The molecule has 9 heavy (non-hydrogen) atoms. The molecule has 1 rings (SSSR count). The number of rotatable bonds is 0. The molecule has 1 saturated heterocycles. The van der Waals surface area contributed by atoms with Gasteiger partial charge in [-0.25, -0.2) is 4.21 Å². The zero-order valence-electron chi connectivity index (χ0n) is 4.14. The van der Waals surface area contributed by atoms with Gasteiger partial charge in [0.1, 0.15) is 20.0 Å². The molecule has 0 bridgehead atoms. The highest BCUT2D eigenvalue weighted by Crippen LogP contribution is 2.22. The number of hydrogen-bond donors (Lipinski definition) is 1. The highest BCUT2D eigenvalue weighted by molar-refractivity contribution is 9.13. The summed E-state index contributed by atoms with van der Waals surface area (Å²) in [5.74, 6) is -0.227. The summed E-state index contributed by atoms with van der Waals surface area (Å²) in [6.45, 7) is 0. The largest absolute Gasteiger partial charge is 0.273 e. The smallest absolute Gasteiger partial charge is 0.247 e. The number of halogens is 2. The Kier molecular flexibility index (Phi) is 2.28. The van der Waals surface area contributed by atoms with Gasteiger partial charge in [-0.3, -0.25) is 9.52 Å². The van der Waals surface area contributed by atoms with Gasteiger partial charge in [-0.1, -0.05) is 31.9 Å². The van der Waals surface area contributed by atoms with Crippen molar-refractivity contribution in [3.63, 3.8) is 0 Å². The van der Waals surface area contributed by atoms with Gasteiger partial charge in [-0.05, 0) is 0 Å². The van der Waals surface area contributed by atoms with E-state index in [2.05, 4.69) is 36.6 Å². The van der Waals surface area contributed by atoms with E-state index in [1.165, 1.54) is 0 Å². The highest BCUT2D eigenvalue weighted by atomic mass is 79.9. The lowest BCUT2D eigenvalue weighted by atomic mass is 10.5. The number of hydrogen-bond acceptors (Lipinski definition) is 2. The molecule has 0 aromatic rings. The van der Waals surface area contributed by atoms with Crippen LogP contribution in [0.5, 0.6) is 0 Å². The summed E-state index contributed by atoms with van der Waals surface area (Å²) in [5.41, 5.74) is 0. The quantitative estimate of drug-likeness (QED) is 0.646. The predicted molar refractivity (Wildman–Crippen MR) is 41.7 cm³/mol. The third-order valence-electron chi connectivity index (χ3n) is 0.886. The first-order valence-electron chi connectivity index (χ1n) is 2.12. The Morgan fingerprint density at radius 3 is 2.22 bits per heavy atom. The summed E-state index contributed by atoms with van der Waals surface area (Å²) in [7, 11) is -1.26. The summed E-state index contributed by atoms with van der Waals surface area (Å²) in [5, 5.41) is 0. The first-order chi connectivity index (χ1) is 4.13. The minimum absolute atomic E-state index is 0.227. The second kappa shape index (κ2) is 2.67. The van der Waals surface area contributed by atoms with Gasteiger partial charge in [-0.15, -0.1) is 0 Å². The molecule has 0 aromatic heterocycles. The third-order valence-corrected chi connectivity index (χ3v) is 5.52. The highest BCUT2D eigenvalue weighted by Gasteiger charge is 2.36. The van der Waals surface area contributed by atoms with Crippen molar-refractivity contribution in [2.45, 2.75) is 8.99 Å². The third kappa shape index (κ3) is 1.35. The van der Waals surface area contributed by atoms with Crippen LogP contribution in [0.3, 0.4) is 0 Å². The first kappa shape index (κ1) is 7.68. The van der Waals surface area contributed by atoms with Crippen LogP contribution in [-0.2, 0) is 15.8 Å². The second-order valence-electron chi connectivity index (χ2n) is 1.52. The monoisotopic (exact) mass is 275 g/mol. The zero-order chi connectivity index (χ0) is 7.02. The summed E-state index contributed by atoms with van der Waals surface area (Å²) < 4.78 is 12.7. The standard InChI is InChI=1S/C3H3Br2NO2S/c4-1-2(5)9(8)6-3(1)7/h1-2H,(H,6,7). The summed E-state index contributed by atoms with van der Waals surface area (Å²) in [6.07, 6.45) is 0. The van der Waals surface area contributed by atoms with E-state index in [-0.39, 0.29) is 14.9 Å². The van der Waals surface area contributed by atoms with E-state index < -0.39 is 11.0 Å². The molecule has 3 nitrogen and oxygen atoms in total. The van der Waals surface area contributed by atoms with Gasteiger partial charge in [-0.2, -0.15) is 0 Å². The molecule has 3 unspecified atom stereocenters. The van der Waals surface area contributed by atoms with Crippen LogP contribution in [-0.4, -0.2) is 19.1 Å². The predicted octanol–water partition coefficient (Wildman–Crippen LogP) is 0.264. The first-order valence-corrected chi connectivity index (χ1v) is 5.16. The molecule has 1 aliphatic rings. The Morgan fingerprint density at radius 1 is 1.56 bits per heavy atom. The Labute approximate surface area is 71.4 Å². The van der Waals surface area contributed by atoms with E-state index in [0.717, 1.165) is 0 Å². The van der Waals surface area contributed by atoms with Gasteiger partial charge >= 0.3 is 0 Å². The van der Waals surface area contributed by atoms with Crippen LogP contribution in [0.2, 0.25) is 0 Å². The molecular formula is C3H3Br2NO2S. The average Bonchev–Trinajstić information content (AvgIpc) is 1.98. The minimum atomic E-state index is -1.26. The van der Waals surface area contributed by atoms with Crippen molar-refractivity contribution < 1.29 is 9.00 Å². The Balaban J connectivity index is 2.77. The Hall–Kier alpha value is 0.580. The number of carbonyl (C=O) groups is 1. The normalized spacial score (nSPS) is 42.9. The molecule has 0 radical (unpaired) electrons. The topological polar surface area (TPSA) is 46.2 Å². The second-order valence-corrected chi connectivity index (χ2v) is 5.40. The number of amides is 1. The molecule has 1 N–H and O–H groups in total. The SMILES string of the molecule is O=C1NS(=O)C(Br)C1Br. The van der Waals surface area contributed by atoms with E-state index in [0.29, 0.717) is 0 Å². The van der Waals surface area contributed by atoms with Gasteiger partial charge in [0.05, 0.1) is 0 Å². The molecule has 0 saturated carbocycles. The van der Waals surface area contributed by atoms with Gasteiger partial charge in [0, 0.05) is 0 Å². The van der Waals surface area contributed by atoms with Crippen molar-refractivity contribution in [3.8, 4) is 0 Å². The maximum Gasteiger partial charge on any atom is 0.247 e. The number of carbonyl (C=O) groups excluding carboxylic acids is 1. The van der Waals surface area contributed by atoms with Gasteiger partial charge < -0.3 is 0 Å². The number of alkyl halides is 2. The van der Waals surface area contributed by atoms with Crippen LogP contribution in [0.25, 0.3) is 0 Å². The fourth-order valence-electron chi connectivity index (χ4n) is 0.439. The maximum absolute atomic E-state index is 10.7. The molecule has 1 aliphatic heterocycles. The fraction of sp³-hybridized carbons (Fsp3) is 0.667. The molecule has 0 aliphatic carbocycles. The lowest BCUT2D eigenvalue weighted by molar-refractivity contribution is -0.117. The van der Waals surface area contributed by atoms with E-state index >= 15 is 0 Å². The van der Waals surface area contributed by atoms with Crippen LogP contribution >= 0.6 is 31.9 Å². The van der Waals surface area contributed by atoms with Crippen LogP contribution < -0.4 is 4.72 Å². The van der Waals surface area contributed by atoms with Crippen molar-refractivity contribution in [3.05, 3.63) is 0 Å². The van der Waals surface area contributed by atoms with Crippen molar-refractivity contribution in [2.75, 3.05) is 0 Å². The molecule has 1 amide bonds. The van der Waals surface area contributed by atoms with Crippen molar-refractivity contribution in [1.82, 2.24) is 4.72 Å². The zero-order valence-corrected chi connectivity index (χ0v) is 8.12. The lowest BCUT2D eigenvalue weighted by Gasteiger charge is -1.95. The van der Waals surface area contributed by atoms with Crippen LogP contribution in [0.15, 0.2) is 0 Å². The van der Waals surface area contributed by atoms with Crippen LogP contribution in [0, 0.1) is 0 Å². The fourth-order valence-corrected chi connectivity index (χ4v) is 2.59. The van der Waals surface area contributed by atoms with E-state index in [1.807, 2.05) is 0 Å². The molecule has 1 heterocycles. The van der Waals surface area contributed by atoms with Crippen molar-refractivity contribution in [2.24, 2.45) is 0 Å². The average molecular weight is 277 g/mol. The lowest BCUT2D eigenvalue weighted by Crippen LogP contribution is -2.19. The van der Waals surface area contributed by atoms with Crippen LogP contribution in [0.1, 0.15) is 0 Å². The molecule has 52 valence electrons. The van der Waals surface area contributed by atoms with Crippen molar-refractivity contribution in [1.29, 1.82) is 0 Å². The number of nitrogens with one attached hydrogen (secondary N) is 1. The Bertz CT molecular complexity index is 155. The van der Waals surface area contributed by atoms with Gasteiger partial charge in [0.2, 0.25) is 5.91 Å². The molecule has 1 fully saturated rings. The molecule has 0 aromatic carbocycles. The molecular weight excluding hydrogens is 274 g/mol. The van der Waals surface area contributed by atoms with E-state index in [4.69, 9.17) is 0 Å². The molecule has 3 atom stereocenters.